The molecule has 0 aliphatic heterocycles. The zero-order valence-corrected chi connectivity index (χ0v) is 12.6. The molecule has 0 spiro atoms. The lowest BCUT2D eigenvalue weighted by molar-refractivity contribution is 0.0923. The average molecular weight is 282 g/mol. The van der Waals surface area contributed by atoms with E-state index in [9.17, 15) is 4.79 Å². The van der Waals surface area contributed by atoms with Gasteiger partial charge in [0.25, 0.3) is 5.91 Å². The van der Waals surface area contributed by atoms with E-state index in [0.29, 0.717) is 4.88 Å². The molecule has 5 nitrogen and oxygen atoms in total. The van der Waals surface area contributed by atoms with E-state index in [-0.39, 0.29) is 23.4 Å². The van der Waals surface area contributed by atoms with Crippen LogP contribution in [0.15, 0.2) is 0 Å². The Morgan fingerprint density at radius 1 is 1.37 bits per heavy atom. The maximum Gasteiger partial charge on any atom is 0.265 e. The molecule has 2 rings (SSSR count). The fraction of sp³-hybridized carbons (Fsp3) is 0.769. The molecule has 1 fully saturated rings. The van der Waals surface area contributed by atoms with Crippen LogP contribution < -0.4 is 11.1 Å². The summed E-state index contributed by atoms with van der Waals surface area (Å²) < 4.78 is 3.92. The van der Waals surface area contributed by atoms with Gasteiger partial charge in [0.15, 0.2) is 0 Å². The second-order valence-corrected chi connectivity index (χ2v) is 6.98. The molecule has 1 aliphatic rings. The average Bonchev–Trinajstić information content (AvgIpc) is 2.81. The van der Waals surface area contributed by atoms with Gasteiger partial charge >= 0.3 is 0 Å². The van der Waals surface area contributed by atoms with Gasteiger partial charge in [0.1, 0.15) is 4.88 Å². The number of carbonyl (C=O) groups excluding carboxylic acids is 1. The Morgan fingerprint density at radius 2 is 2.05 bits per heavy atom. The van der Waals surface area contributed by atoms with Crippen LogP contribution >= 0.6 is 11.5 Å². The van der Waals surface area contributed by atoms with Gasteiger partial charge in [-0.2, -0.15) is 0 Å². The molecule has 0 radical (unpaired) electrons. The minimum absolute atomic E-state index is 0.0664. The molecule has 0 unspecified atom stereocenters. The van der Waals surface area contributed by atoms with Crippen molar-refractivity contribution in [3.8, 4) is 0 Å². The monoisotopic (exact) mass is 282 g/mol. The maximum absolute atomic E-state index is 12.4. The first-order valence-corrected chi connectivity index (χ1v) is 7.56. The van der Waals surface area contributed by atoms with Crippen molar-refractivity contribution in [2.75, 3.05) is 0 Å². The van der Waals surface area contributed by atoms with E-state index < -0.39 is 0 Å². The van der Waals surface area contributed by atoms with Crippen LogP contribution in [0.3, 0.4) is 0 Å². The summed E-state index contributed by atoms with van der Waals surface area (Å²) in [6.45, 7) is 6.10. The Morgan fingerprint density at radius 3 is 2.68 bits per heavy atom. The van der Waals surface area contributed by atoms with E-state index in [1.54, 1.807) is 0 Å². The molecule has 0 saturated heterocycles. The van der Waals surface area contributed by atoms with Gasteiger partial charge in [-0.3, -0.25) is 4.79 Å². The minimum Gasteiger partial charge on any atom is -0.347 e. The molecule has 1 aliphatic carbocycles. The van der Waals surface area contributed by atoms with E-state index in [0.717, 1.165) is 42.9 Å². The van der Waals surface area contributed by atoms with Crippen molar-refractivity contribution in [2.45, 2.75) is 64.0 Å². The van der Waals surface area contributed by atoms with E-state index in [2.05, 4.69) is 14.9 Å². The number of hydrogen-bond acceptors (Lipinski definition) is 5. The first-order valence-electron chi connectivity index (χ1n) is 6.79. The molecular weight excluding hydrogens is 260 g/mol. The summed E-state index contributed by atoms with van der Waals surface area (Å²) in [5, 5.41) is 7.15. The lowest BCUT2D eigenvalue weighted by Gasteiger charge is -2.29. The molecule has 19 heavy (non-hydrogen) atoms. The van der Waals surface area contributed by atoms with E-state index in [1.165, 1.54) is 0 Å². The summed E-state index contributed by atoms with van der Waals surface area (Å²) in [6, 6.07) is 0.146. The SMILES string of the molecule is CC(C)(C)c1nnsc1C(=O)N[C@@H]1CCCC[C@H]1N. The second kappa shape index (κ2) is 5.54. The van der Waals surface area contributed by atoms with Crippen LogP contribution in [0, 0.1) is 0 Å². The zero-order chi connectivity index (χ0) is 14.0. The largest absolute Gasteiger partial charge is 0.347 e. The maximum atomic E-state index is 12.4. The van der Waals surface area contributed by atoms with Crippen LogP contribution in [0.5, 0.6) is 0 Å². The Kier molecular flexibility index (Phi) is 4.20. The lowest BCUT2D eigenvalue weighted by Crippen LogP contribution is -2.49. The molecule has 2 atom stereocenters. The molecule has 3 N–H and O–H groups in total. The molecule has 0 bridgehead atoms. The van der Waals surface area contributed by atoms with Crippen molar-refractivity contribution < 1.29 is 4.79 Å². The van der Waals surface area contributed by atoms with Crippen LogP contribution in [0.1, 0.15) is 61.8 Å². The summed E-state index contributed by atoms with van der Waals surface area (Å²) in [6.07, 6.45) is 4.23. The first-order chi connectivity index (χ1) is 8.89. The standard InChI is InChI=1S/C13H22N4OS/c1-13(2,3)11-10(19-17-16-11)12(18)15-9-7-5-4-6-8(9)14/h8-9H,4-7,14H2,1-3H3,(H,15,18)/t8-,9-/m1/s1. The summed E-state index contributed by atoms with van der Waals surface area (Å²) >= 11 is 1.16. The third kappa shape index (κ3) is 3.30. The van der Waals surface area contributed by atoms with Crippen molar-refractivity contribution >= 4 is 17.4 Å². The van der Waals surface area contributed by atoms with Gasteiger partial charge in [-0.1, -0.05) is 38.1 Å². The number of nitrogens with zero attached hydrogens (tertiary/aromatic N) is 2. The highest BCUT2D eigenvalue weighted by Gasteiger charge is 2.29. The molecule has 1 saturated carbocycles. The van der Waals surface area contributed by atoms with Crippen molar-refractivity contribution in [3.63, 3.8) is 0 Å². The highest BCUT2D eigenvalue weighted by atomic mass is 32.1. The van der Waals surface area contributed by atoms with Crippen molar-refractivity contribution in [1.29, 1.82) is 0 Å². The Balaban J connectivity index is 2.10. The number of carbonyl (C=O) groups is 1. The van der Waals surface area contributed by atoms with E-state index >= 15 is 0 Å². The highest BCUT2D eigenvalue weighted by molar-refractivity contribution is 7.08. The summed E-state index contributed by atoms with van der Waals surface area (Å²) in [7, 11) is 0. The molecule has 1 heterocycles. The molecule has 106 valence electrons. The number of nitrogens with two attached hydrogens (primary N) is 1. The fourth-order valence-corrected chi connectivity index (χ4v) is 3.18. The molecule has 0 aromatic carbocycles. The van der Waals surface area contributed by atoms with Crippen molar-refractivity contribution in [2.24, 2.45) is 5.73 Å². The van der Waals surface area contributed by atoms with Crippen LogP contribution in [-0.4, -0.2) is 27.6 Å². The lowest BCUT2D eigenvalue weighted by atomic mass is 9.90. The number of rotatable bonds is 2. The fourth-order valence-electron chi connectivity index (χ4n) is 2.40. The number of amides is 1. The molecule has 1 amide bonds. The predicted molar refractivity (Wildman–Crippen MR) is 76.3 cm³/mol. The third-order valence-corrected chi connectivity index (χ3v) is 4.27. The predicted octanol–water partition coefficient (Wildman–Crippen LogP) is 1.84. The molecule has 1 aromatic heterocycles. The van der Waals surface area contributed by atoms with Gasteiger partial charge in [-0.15, -0.1) is 5.10 Å². The molecule has 1 aromatic rings. The third-order valence-electron chi connectivity index (χ3n) is 3.54. The Bertz CT molecular complexity index is 452. The van der Waals surface area contributed by atoms with Gasteiger partial charge in [0.2, 0.25) is 0 Å². The molecule has 6 heteroatoms. The van der Waals surface area contributed by atoms with Gasteiger partial charge in [-0.05, 0) is 24.4 Å². The molecular formula is C13H22N4OS. The van der Waals surface area contributed by atoms with Gasteiger partial charge in [-0.25, -0.2) is 0 Å². The van der Waals surface area contributed by atoms with Crippen molar-refractivity contribution in [1.82, 2.24) is 14.9 Å². The van der Waals surface area contributed by atoms with Crippen LogP contribution in [0.2, 0.25) is 0 Å². The van der Waals surface area contributed by atoms with Crippen LogP contribution in [0.25, 0.3) is 0 Å². The number of aromatic nitrogens is 2. The van der Waals surface area contributed by atoms with Crippen LogP contribution in [0.4, 0.5) is 0 Å². The topological polar surface area (TPSA) is 80.9 Å². The highest BCUT2D eigenvalue weighted by Crippen LogP contribution is 2.26. The quantitative estimate of drug-likeness (QED) is 0.867. The summed E-state index contributed by atoms with van der Waals surface area (Å²) in [4.78, 5) is 13.0. The summed E-state index contributed by atoms with van der Waals surface area (Å²) in [5.41, 5.74) is 6.65. The Hall–Kier alpha value is -1.01. The van der Waals surface area contributed by atoms with Crippen molar-refractivity contribution in [3.05, 3.63) is 10.6 Å². The number of nitrogens with one attached hydrogen (secondary N) is 1. The zero-order valence-electron chi connectivity index (χ0n) is 11.8. The van der Waals surface area contributed by atoms with Gasteiger partial charge in [0.05, 0.1) is 5.69 Å². The Labute approximate surface area is 118 Å². The smallest absolute Gasteiger partial charge is 0.265 e. The minimum atomic E-state index is -0.172. The van der Waals surface area contributed by atoms with E-state index in [1.807, 2.05) is 20.8 Å². The first kappa shape index (κ1) is 14.4. The number of hydrogen-bond donors (Lipinski definition) is 2. The normalized spacial score (nSPS) is 24.2. The van der Waals surface area contributed by atoms with E-state index in [4.69, 9.17) is 5.73 Å². The van der Waals surface area contributed by atoms with Gasteiger partial charge in [0, 0.05) is 17.5 Å². The second-order valence-electron chi connectivity index (χ2n) is 6.23. The van der Waals surface area contributed by atoms with Gasteiger partial charge < -0.3 is 11.1 Å². The van der Waals surface area contributed by atoms with Crippen LogP contribution in [-0.2, 0) is 5.41 Å². The summed E-state index contributed by atoms with van der Waals surface area (Å²) in [5.74, 6) is -0.0812.